The molecular formula is C9H13ClN2O2. The molecule has 1 aromatic rings. The highest BCUT2D eigenvalue weighted by Gasteiger charge is 2.09. The molecule has 0 saturated heterocycles. The molecule has 14 heavy (non-hydrogen) atoms. The molecule has 0 saturated carbocycles. The minimum atomic E-state index is -0.286. The Morgan fingerprint density at radius 3 is 3.00 bits per heavy atom. The van der Waals surface area contributed by atoms with E-state index in [0.29, 0.717) is 22.9 Å². The fourth-order valence-corrected chi connectivity index (χ4v) is 1.26. The third-order valence-electron chi connectivity index (χ3n) is 1.88. The van der Waals surface area contributed by atoms with Crippen molar-refractivity contribution >= 4 is 11.6 Å². The molecule has 0 aliphatic rings. The van der Waals surface area contributed by atoms with Crippen molar-refractivity contribution in [2.75, 3.05) is 13.7 Å². The lowest BCUT2D eigenvalue weighted by molar-refractivity contribution is 0.275. The van der Waals surface area contributed by atoms with Gasteiger partial charge in [0.05, 0.1) is 12.8 Å². The Kier molecular flexibility index (Phi) is 4.13. The molecule has 1 rings (SSSR count). The van der Waals surface area contributed by atoms with Crippen molar-refractivity contribution in [1.82, 2.24) is 4.98 Å². The van der Waals surface area contributed by atoms with Gasteiger partial charge in [0.2, 0.25) is 0 Å². The standard InChI is InChI=1S/C9H13ClN2O2/c1-14-9-4-8(7(11)2-3-13)12-5-6(9)10/h4-5,7,13H,2-3,11H2,1H3. The molecule has 0 bridgehead atoms. The van der Waals surface area contributed by atoms with Crippen LogP contribution in [0.5, 0.6) is 5.75 Å². The maximum atomic E-state index is 8.71. The maximum Gasteiger partial charge on any atom is 0.140 e. The number of aliphatic hydroxyl groups excluding tert-OH is 1. The van der Waals surface area contributed by atoms with Gasteiger partial charge in [-0.25, -0.2) is 0 Å². The van der Waals surface area contributed by atoms with E-state index in [1.807, 2.05) is 0 Å². The van der Waals surface area contributed by atoms with Gasteiger partial charge in [0.25, 0.3) is 0 Å². The normalized spacial score (nSPS) is 12.6. The summed E-state index contributed by atoms with van der Waals surface area (Å²) in [5.41, 5.74) is 6.42. The number of pyridine rings is 1. The van der Waals surface area contributed by atoms with E-state index in [-0.39, 0.29) is 12.6 Å². The number of aromatic nitrogens is 1. The van der Waals surface area contributed by atoms with E-state index >= 15 is 0 Å². The Labute approximate surface area is 87.7 Å². The summed E-state index contributed by atoms with van der Waals surface area (Å²) in [5, 5.41) is 9.17. The largest absolute Gasteiger partial charge is 0.495 e. The van der Waals surface area contributed by atoms with Gasteiger partial charge < -0.3 is 15.6 Å². The molecule has 0 aromatic carbocycles. The average Bonchev–Trinajstić information content (AvgIpc) is 2.19. The molecule has 1 atom stereocenters. The van der Waals surface area contributed by atoms with Gasteiger partial charge in [0, 0.05) is 24.9 Å². The van der Waals surface area contributed by atoms with Crippen LogP contribution in [-0.4, -0.2) is 23.8 Å². The summed E-state index contributed by atoms with van der Waals surface area (Å²) in [6.45, 7) is 0.0355. The lowest BCUT2D eigenvalue weighted by Crippen LogP contribution is -2.13. The Balaban J connectivity index is 2.88. The number of hydrogen-bond acceptors (Lipinski definition) is 4. The van der Waals surface area contributed by atoms with E-state index in [9.17, 15) is 0 Å². The zero-order valence-electron chi connectivity index (χ0n) is 7.90. The van der Waals surface area contributed by atoms with Gasteiger partial charge in [-0.05, 0) is 6.42 Å². The Morgan fingerprint density at radius 1 is 1.71 bits per heavy atom. The van der Waals surface area contributed by atoms with Crippen LogP contribution in [0.1, 0.15) is 18.2 Å². The lowest BCUT2D eigenvalue weighted by Gasteiger charge is -2.11. The van der Waals surface area contributed by atoms with Crippen molar-refractivity contribution in [1.29, 1.82) is 0 Å². The molecule has 1 heterocycles. The molecule has 78 valence electrons. The highest BCUT2D eigenvalue weighted by molar-refractivity contribution is 6.31. The Hall–Kier alpha value is -0.840. The highest BCUT2D eigenvalue weighted by atomic mass is 35.5. The first-order valence-electron chi connectivity index (χ1n) is 4.25. The summed E-state index contributed by atoms with van der Waals surface area (Å²) >= 11 is 5.80. The fourth-order valence-electron chi connectivity index (χ4n) is 1.08. The van der Waals surface area contributed by atoms with Crippen molar-refractivity contribution in [2.45, 2.75) is 12.5 Å². The summed E-state index contributed by atoms with van der Waals surface area (Å²) in [7, 11) is 1.53. The number of nitrogens with two attached hydrogens (primary N) is 1. The minimum absolute atomic E-state index is 0.0355. The van der Waals surface area contributed by atoms with Crippen LogP contribution in [0.4, 0.5) is 0 Å². The summed E-state index contributed by atoms with van der Waals surface area (Å²) < 4.78 is 5.02. The molecule has 0 aliphatic heterocycles. The van der Waals surface area contributed by atoms with E-state index in [1.54, 1.807) is 6.07 Å². The molecule has 0 radical (unpaired) electrons. The second-order valence-corrected chi connectivity index (χ2v) is 3.27. The van der Waals surface area contributed by atoms with Crippen molar-refractivity contribution < 1.29 is 9.84 Å². The third kappa shape index (κ3) is 2.57. The molecule has 0 aliphatic carbocycles. The molecule has 4 nitrogen and oxygen atoms in total. The summed E-state index contributed by atoms with van der Waals surface area (Å²) in [4.78, 5) is 4.06. The molecular weight excluding hydrogens is 204 g/mol. The van der Waals surface area contributed by atoms with Gasteiger partial charge in [-0.1, -0.05) is 11.6 Å². The molecule has 0 spiro atoms. The number of hydrogen-bond donors (Lipinski definition) is 2. The van der Waals surface area contributed by atoms with Crippen LogP contribution in [-0.2, 0) is 0 Å². The lowest BCUT2D eigenvalue weighted by atomic mass is 10.1. The van der Waals surface area contributed by atoms with E-state index < -0.39 is 0 Å². The first-order valence-corrected chi connectivity index (χ1v) is 4.62. The Bertz CT molecular complexity index is 307. The highest BCUT2D eigenvalue weighted by Crippen LogP contribution is 2.25. The van der Waals surface area contributed by atoms with E-state index in [1.165, 1.54) is 13.3 Å². The molecule has 1 aromatic heterocycles. The third-order valence-corrected chi connectivity index (χ3v) is 2.17. The zero-order valence-corrected chi connectivity index (χ0v) is 8.66. The molecule has 1 unspecified atom stereocenters. The molecule has 5 heteroatoms. The quantitative estimate of drug-likeness (QED) is 0.792. The van der Waals surface area contributed by atoms with Gasteiger partial charge in [0.15, 0.2) is 0 Å². The second kappa shape index (κ2) is 5.14. The van der Waals surface area contributed by atoms with Crippen molar-refractivity contribution in [2.24, 2.45) is 5.73 Å². The topological polar surface area (TPSA) is 68.4 Å². The second-order valence-electron chi connectivity index (χ2n) is 2.86. The van der Waals surface area contributed by atoms with Gasteiger partial charge in [-0.2, -0.15) is 0 Å². The van der Waals surface area contributed by atoms with Gasteiger partial charge in [0.1, 0.15) is 10.8 Å². The number of ether oxygens (including phenoxy) is 1. The average molecular weight is 217 g/mol. The predicted octanol–water partition coefficient (Wildman–Crippen LogP) is 1.13. The number of methoxy groups -OCH3 is 1. The van der Waals surface area contributed by atoms with Crippen molar-refractivity contribution in [3.63, 3.8) is 0 Å². The van der Waals surface area contributed by atoms with Crippen molar-refractivity contribution in [3.8, 4) is 5.75 Å². The van der Waals surface area contributed by atoms with Crippen molar-refractivity contribution in [3.05, 3.63) is 23.0 Å². The SMILES string of the molecule is COc1cc(C(N)CCO)ncc1Cl. The number of rotatable bonds is 4. The minimum Gasteiger partial charge on any atom is -0.495 e. The molecule has 0 amide bonds. The van der Waals surface area contributed by atoms with E-state index in [2.05, 4.69) is 4.98 Å². The predicted molar refractivity (Wildman–Crippen MR) is 54.4 cm³/mol. The number of halogens is 1. The molecule has 3 N–H and O–H groups in total. The molecule has 0 fully saturated rings. The van der Waals surface area contributed by atoms with Crippen LogP contribution in [0.2, 0.25) is 5.02 Å². The zero-order chi connectivity index (χ0) is 10.6. The number of nitrogens with zero attached hydrogens (tertiary/aromatic N) is 1. The summed E-state index contributed by atoms with van der Waals surface area (Å²) in [6, 6.07) is 1.40. The van der Waals surface area contributed by atoms with Gasteiger partial charge in [-0.3, -0.25) is 4.98 Å². The van der Waals surface area contributed by atoms with Crippen LogP contribution < -0.4 is 10.5 Å². The van der Waals surface area contributed by atoms with Gasteiger partial charge >= 0.3 is 0 Å². The fraction of sp³-hybridized carbons (Fsp3) is 0.444. The van der Waals surface area contributed by atoms with Crippen LogP contribution in [0.15, 0.2) is 12.3 Å². The van der Waals surface area contributed by atoms with E-state index in [4.69, 9.17) is 27.2 Å². The smallest absolute Gasteiger partial charge is 0.140 e. The summed E-state index contributed by atoms with van der Waals surface area (Å²) in [6.07, 6.45) is 1.96. The van der Waals surface area contributed by atoms with Gasteiger partial charge in [-0.15, -0.1) is 0 Å². The van der Waals surface area contributed by atoms with Crippen LogP contribution in [0, 0.1) is 0 Å². The monoisotopic (exact) mass is 216 g/mol. The van der Waals surface area contributed by atoms with Crippen LogP contribution in [0.3, 0.4) is 0 Å². The van der Waals surface area contributed by atoms with Crippen LogP contribution in [0.25, 0.3) is 0 Å². The van der Waals surface area contributed by atoms with E-state index in [0.717, 1.165) is 0 Å². The van der Waals surface area contributed by atoms with Crippen LogP contribution >= 0.6 is 11.6 Å². The Morgan fingerprint density at radius 2 is 2.43 bits per heavy atom. The number of aliphatic hydroxyl groups is 1. The summed E-state index contributed by atoms with van der Waals surface area (Å²) in [5.74, 6) is 0.546. The first kappa shape index (κ1) is 11.2. The maximum absolute atomic E-state index is 8.71. The first-order chi connectivity index (χ1) is 6.69.